The maximum absolute atomic E-state index is 11.7. The van der Waals surface area contributed by atoms with Crippen LogP contribution in [0, 0.1) is 8.80 Å². The van der Waals surface area contributed by atoms with Gasteiger partial charge >= 0.3 is 0 Å². The van der Waals surface area contributed by atoms with Gasteiger partial charge in [0.2, 0.25) is 0 Å². The molecular formula is C9H10INO2S. The van der Waals surface area contributed by atoms with Crippen LogP contribution in [0.25, 0.3) is 0 Å². The lowest BCUT2D eigenvalue weighted by Gasteiger charge is -2.38. The number of hydrogen-bond donors (Lipinski definition) is 1. The van der Waals surface area contributed by atoms with Crippen LogP contribution in [0.15, 0.2) is 11.4 Å². The lowest BCUT2D eigenvalue weighted by molar-refractivity contribution is 0.0362. The van der Waals surface area contributed by atoms with E-state index in [1.165, 1.54) is 0 Å². The third kappa shape index (κ3) is 1.94. The normalized spacial score (nSPS) is 16.9. The first-order valence-corrected chi connectivity index (χ1v) is 6.30. The summed E-state index contributed by atoms with van der Waals surface area (Å²) in [5.41, 5.74) is 0.774. The second-order valence-electron chi connectivity index (χ2n) is 3.40. The van der Waals surface area contributed by atoms with Gasteiger partial charge in [-0.05, 0) is 28.7 Å². The monoisotopic (exact) mass is 323 g/mol. The highest BCUT2D eigenvalue weighted by molar-refractivity contribution is 14.1. The summed E-state index contributed by atoms with van der Waals surface area (Å²) < 4.78 is 1.13. The quantitative estimate of drug-likeness (QED) is 0.836. The van der Waals surface area contributed by atoms with Gasteiger partial charge in [0.15, 0.2) is 0 Å². The molecule has 1 saturated heterocycles. The Balaban J connectivity index is 1.97. The number of rotatable bonds is 2. The van der Waals surface area contributed by atoms with E-state index < -0.39 is 0 Å². The van der Waals surface area contributed by atoms with Crippen LogP contribution in [0.2, 0.25) is 0 Å². The van der Waals surface area contributed by atoms with Crippen LogP contribution in [0.1, 0.15) is 10.4 Å². The number of likely N-dealkylation sites (tertiary alicyclic amines) is 1. The molecule has 5 heteroatoms. The average molecular weight is 323 g/mol. The lowest BCUT2D eigenvalue weighted by Crippen LogP contribution is -2.51. The Hall–Kier alpha value is -0.140. The number of carbonyl (C=O) groups is 1. The van der Waals surface area contributed by atoms with Crippen LogP contribution in [0.3, 0.4) is 0 Å². The Labute approximate surface area is 99.9 Å². The summed E-state index contributed by atoms with van der Waals surface area (Å²) in [6, 6.07) is 1.90. The first-order valence-electron chi connectivity index (χ1n) is 4.35. The largest absolute Gasteiger partial charge is 0.396 e. The zero-order valence-corrected chi connectivity index (χ0v) is 10.4. The van der Waals surface area contributed by atoms with Crippen molar-refractivity contribution in [2.75, 3.05) is 19.7 Å². The smallest absolute Gasteiger partial charge is 0.254 e. The molecule has 0 saturated carbocycles. The Morgan fingerprint density at radius 1 is 1.71 bits per heavy atom. The Bertz CT molecular complexity index is 346. The van der Waals surface area contributed by atoms with Crippen LogP contribution in [-0.4, -0.2) is 35.6 Å². The zero-order valence-electron chi connectivity index (χ0n) is 7.44. The van der Waals surface area contributed by atoms with Crippen molar-refractivity contribution in [2.24, 2.45) is 5.92 Å². The van der Waals surface area contributed by atoms with Crippen LogP contribution in [0.5, 0.6) is 0 Å². The molecule has 14 heavy (non-hydrogen) atoms. The van der Waals surface area contributed by atoms with Crippen molar-refractivity contribution in [1.82, 2.24) is 4.90 Å². The van der Waals surface area contributed by atoms with E-state index in [2.05, 4.69) is 22.6 Å². The van der Waals surface area contributed by atoms with Gasteiger partial charge in [0, 0.05) is 31.0 Å². The molecule has 0 bridgehead atoms. The lowest BCUT2D eigenvalue weighted by atomic mass is 10.0. The fourth-order valence-electron chi connectivity index (χ4n) is 1.46. The maximum Gasteiger partial charge on any atom is 0.254 e. The summed E-state index contributed by atoms with van der Waals surface area (Å²) in [7, 11) is 0. The summed E-state index contributed by atoms with van der Waals surface area (Å²) >= 11 is 3.79. The molecule has 0 aromatic carbocycles. The summed E-state index contributed by atoms with van der Waals surface area (Å²) in [6.45, 7) is 1.58. The molecule has 0 unspecified atom stereocenters. The van der Waals surface area contributed by atoms with E-state index >= 15 is 0 Å². The van der Waals surface area contributed by atoms with Gasteiger partial charge in [0.1, 0.15) is 0 Å². The molecule has 0 radical (unpaired) electrons. The van der Waals surface area contributed by atoms with Gasteiger partial charge < -0.3 is 10.0 Å². The topological polar surface area (TPSA) is 40.5 Å². The Morgan fingerprint density at radius 3 is 2.93 bits per heavy atom. The number of amides is 1. The Morgan fingerprint density at radius 2 is 2.43 bits per heavy atom. The molecule has 1 aromatic heterocycles. The fourth-order valence-corrected chi connectivity index (χ4v) is 2.78. The van der Waals surface area contributed by atoms with E-state index in [9.17, 15) is 4.79 Å². The van der Waals surface area contributed by atoms with Crippen LogP contribution < -0.4 is 0 Å². The number of carbonyl (C=O) groups excluding carboxylic acids is 1. The summed E-state index contributed by atoms with van der Waals surface area (Å²) in [5.74, 6) is 0.380. The maximum atomic E-state index is 11.7. The SMILES string of the molecule is O=C(c1csc(I)c1)N1CC(CO)C1. The summed E-state index contributed by atoms with van der Waals surface area (Å²) in [6.07, 6.45) is 0. The minimum Gasteiger partial charge on any atom is -0.396 e. The zero-order chi connectivity index (χ0) is 10.1. The molecule has 1 N–H and O–H groups in total. The van der Waals surface area contributed by atoms with Crippen molar-refractivity contribution in [1.29, 1.82) is 0 Å². The molecule has 1 fully saturated rings. The van der Waals surface area contributed by atoms with E-state index in [-0.39, 0.29) is 18.4 Å². The van der Waals surface area contributed by atoms with Gasteiger partial charge in [-0.3, -0.25) is 4.79 Å². The number of hydrogen-bond acceptors (Lipinski definition) is 3. The predicted molar refractivity (Wildman–Crippen MR) is 63.5 cm³/mol. The van der Waals surface area contributed by atoms with Crippen molar-refractivity contribution < 1.29 is 9.90 Å². The number of thiophene rings is 1. The number of nitrogens with zero attached hydrogens (tertiary/aromatic N) is 1. The van der Waals surface area contributed by atoms with Crippen molar-refractivity contribution >= 4 is 39.8 Å². The number of halogens is 1. The van der Waals surface area contributed by atoms with Crippen molar-refractivity contribution in [2.45, 2.75) is 0 Å². The second kappa shape index (κ2) is 4.16. The van der Waals surface area contributed by atoms with Crippen LogP contribution >= 0.6 is 33.9 Å². The first kappa shape index (κ1) is 10.4. The molecule has 1 aliphatic rings. The molecule has 1 aromatic rings. The van der Waals surface area contributed by atoms with Gasteiger partial charge in [-0.1, -0.05) is 0 Å². The van der Waals surface area contributed by atoms with Crippen LogP contribution in [0.4, 0.5) is 0 Å². The Kier molecular flexibility index (Phi) is 3.08. The molecule has 1 amide bonds. The van der Waals surface area contributed by atoms with E-state index in [0.29, 0.717) is 13.1 Å². The first-order chi connectivity index (χ1) is 6.70. The van der Waals surface area contributed by atoms with E-state index in [1.807, 2.05) is 11.4 Å². The molecular weight excluding hydrogens is 313 g/mol. The predicted octanol–water partition coefficient (Wildman–Crippen LogP) is 1.42. The van der Waals surface area contributed by atoms with Gasteiger partial charge in [-0.25, -0.2) is 0 Å². The summed E-state index contributed by atoms with van der Waals surface area (Å²) in [5, 5.41) is 10.7. The van der Waals surface area contributed by atoms with Gasteiger partial charge in [0.25, 0.3) is 5.91 Å². The molecule has 0 aliphatic carbocycles. The van der Waals surface area contributed by atoms with Crippen LogP contribution in [-0.2, 0) is 0 Å². The molecule has 3 nitrogen and oxygen atoms in total. The van der Waals surface area contributed by atoms with E-state index in [4.69, 9.17) is 5.11 Å². The molecule has 0 atom stereocenters. The van der Waals surface area contributed by atoms with E-state index in [0.717, 1.165) is 8.45 Å². The highest BCUT2D eigenvalue weighted by Crippen LogP contribution is 2.22. The highest BCUT2D eigenvalue weighted by atomic mass is 127. The van der Waals surface area contributed by atoms with Gasteiger partial charge in [-0.2, -0.15) is 0 Å². The average Bonchev–Trinajstić information content (AvgIpc) is 2.49. The number of aliphatic hydroxyl groups excluding tert-OH is 1. The molecule has 1 aliphatic heterocycles. The molecule has 76 valence electrons. The second-order valence-corrected chi connectivity index (χ2v) is 6.20. The van der Waals surface area contributed by atoms with Crippen molar-refractivity contribution in [3.63, 3.8) is 0 Å². The van der Waals surface area contributed by atoms with Crippen molar-refractivity contribution in [3.05, 3.63) is 19.9 Å². The third-order valence-corrected chi connectivity index (χ3v) is 4.11. The summed E-state index contributed by atoms with van der Waals surface area (Å²) in [4.78, 5) is 13.5. The molecule has 2 heterocycles. The standard InChI is InChI=1S/C9H10INO2S/c10-8-1-7(5-14-8)9(13)11-2-6(3-11)4-12/h1,5-6,12H,2-4H2. The number of aliphatic hydroxyl groups is 1. The molecule has 2 rings (SSSR count). The minimum atomic E-state index is 0.0915. The van der Waals surface area contributed by atoms with E-state index in [1.54, 1.807) is 16.2 Å². The minimum absolute atomic E-state index is 0.0915. The van der Waals surface area contributed by atoms with Gasteiger partial charge in [0.05, 0.1) is 8.45 Å². The van der Waals surface area contributed by atoms with Gasteiger partial charge in [-0.15, -0.1) is 11.3 Å². The van der Waals surface area contributed by atoms with Crippen molar-refractivity contribution in [3.8, 4) is 0 Å². The molecule has 0 spiro atoms. The third-order valence-electron chi connectivity index (χ3n) is 2.32. The fraction of sp³-hybridized carbons (Fsp3) is 0.444. The highest BCUT2D eigenvalue weighted by Gasteiger charge is 2.30.